The lowest BCUT2D eigenvalue weighted by Crippen LogP contribution is -2.38. The van der Waals surface area contributed by atoms with Crippen molar-refractivity contribution in [1.29, 1.82) is 0 Å². The maximum Gasteiger partial charge on any atom is 0.287 e. The molecule has 0 bridgehead atoms. The lowest BCUT2D eigenvalue weighted by atomic mass is 10.1. The zero-order valence-electron chi connectivity index (χ0n) is 16.0. The molecule has 1 N–H and O–H groups in total. The second-order valence-corrected chi connectivity index (χ2v) is 9.20. The van der Waals surface area contributed by atoms with Crippen LogP contribution in [-0.4, -0.2) is 30.4 Å². The first-order valence-corrected chi connectivity index (χ1v) is 11.6. The molecule has 0 radical (unpaired) electrons. The van der Waals surface area contributed by atoms with Crippen LogP contribution >= 0.6 is 27.3 Å². The number of rotatable bonds is 5. The van der Waals surface area contributed by atoms with Gasteiger partial charge in [-0.1, -0.05) is 34.8 Å². The Balaban J connectivity index is 1.53. The summed E-state index contributed by atoms with van der Waals surface area (Å²) in [5.41, 5.74) is 0.186. The summed E-state index contributed by atoms with van der Waals surface area (Å²) < 4.78 is 6.52. The Morgan fingerprint density at radius 2 is 1.97 bits per heavy atom. The van der Waals surface area contributed by atoms with E-state index in [0.717, 1.165) is 17.6 Å². The van der Waals surface area contributed by atoms with E-state index in [1.165, 1.54) is 36.6 Å². The van der Waals surface area contributed by atoms with Gasteiger partial charge in [0.05, 0.1) is 11.4 Å². The number of carbonyl (C=O) groups excluding carboxylic acids is 1. The molecule has 4 rings (SSSR count). The molecule has 0 spiro atoms. The third-order valence-electron chi connectivity index (χ3n) is 5.32. The summed E-state index contributed by atoms with van der Waals surface area (Å²) in [6, 6.07) is 10.8. The Morgan fingerprint density at radius 1 is 1.17 bits per heavy atom. The standard InChI is InChI=1S/C22H23BrN2O3S/c23-15-7-8-16-18(26)13-20(28-19(16)12-15)22(27)24-14-17(21-6-5-11-29-21)25-9-3-1-2-4-10-25/h5-8,11-13,17H,1-4,9-10,14H2,(H,24,27)/t17-/m0/s1. The number of amides is 1. The summed E-state index contributed by atoms with van der Waals surface area (Å²) >= 11 is 5.09. The number of nitrogens with zero attached hydrogens (tertiary/aromatic N) is 1. The van der Waals surface area contributed by atoms with Crippen LogP contribution < -0.4 is 10.7 Å². The van der Waals surface area contributed by atoms with E-state index in [1.807, 2.05) is 6.07 Å². The van der Waals surface area contributed by atoms with E-state index in [2.05, 4.69) is 37.6 Å². The fraction of sp³-hybridized carbons (Fsp3) is 0.364. The first kappa shape index (κ1) is 20.3. The van der Waals surface area contributed by atoms with Crippen LogP contribution in [0.2, 0.25) is 0 Å². The van der Waals surface area contributed by atoms with Gasteiger partial charge in [0.15, 0.2) is 11.2 Å². The fourth-order valence-electron chi connectivity index (χ4n) is 3.81. The summed E-state index contributed by atoms with van der Waals surface area (Å²) in [7, 11) is 0. The number of hydrogen-bond acceptors (Lipinski definition) is 5. The number of carbonyl (C=O) groups is 1. The van der Waals surface area contributed by atoms with E-state index in [9.17, 15) is 9.59 Å². The number of thiophene rings is 1. The Bertz CT molecular complexity index is 1040. The average molecular weight is 475 g/mol. The maximum atomic E-state index is 12.8. The lowest BCUT2D eigenvalue weighted by molar-refractivity contribution is 0.0907. The molecular formula is C22H23BrN2O3S. The molecule has 152 valence electrons. The highest BCUT2D eigenvalue weighted by atomic mass is 79.9. The van der Waals surface area contributed by atoms with Gasteiger partial charge >= 0.3 is 0 Å². The van der Waals surface area contributed by atoms with Crippen molar-refractivity contribution in [1.82, 2.24) is 10.2 Å². The molecule has 0 aliphatic carbocycles. The first-order chi connectivity index (χ1) is 14.1. The van der Waals surface area contributed by atoms with Crippen molar-refractivity contribution in [2.24, 2.45) is 0 Å². The van der Waals surface area contributed by atoms with E-state index in [1.54, 1.807) is 29.5 Å². The molecule has 1 aliphatic rings. The third kappa shape index (κ3) is 4.79. The molecule has 0 unspecified atom stereocenters. The van der Waals surface area contributed by atoms with Gasteiger partial charge < -0.3 is 9.73 Å². The quantitative estimate of drug-likeness (QED) is 0.567. The molecule has 1 amide bonds. The highest BCUT2D eigenvalue weighted by molar-refractivity contribution is 9.10. The molecule has 1 aromatic carbocycles. The van der Waals surface area contributed by atoms with Gasteiger partial charge in [0.25, 0.3) is 5.91 Å². The van der Waals surface area contributed by atoms with E-state index < -0.39 is 0 Å². The molecule has 1 atom stereocenters. The summed E-state index contributed by atoms with van der Waals surface area (Å²) in [5, 5.41) is 5.53. The largest absolute Gasteiger partial charge is 0.451 e. The van der Waals surface area contributed by atoms with E-state index in [-0.39, 0.29) is 23.1 Å². The van der Waals surface area contributed by atoms with Crippen molar-refractivity contribution < 1.29 is 9.21 Å². The molecule has 1 saturated heterocycles. The normalized spacial score (nSPS) is 16.4. The minimum Gasteiger partial charge on any atom is -0.451 e. The minimum absolute atomic E-state index is 0.0430. The Morgan fingerprint density at radius 3 is 2.69 bits per heavy atom. The summed E-state index contributed by atoms with van der Waals surface area (Å²) in [6.07, 6.45) is 4.89. The second-order valence-electron chi connectivity index (χ2n) is 7.31. The minimum atomic E-state index is -0.361. The molecule has 29 heavy (non-hydrogen) atoms. The molecule has 7 heteroatoms. The second kappa shape index (κ2) is 9.24. The van der Waals surface area contributed by atoms with Gasteiger partial charge in [0, 0.05) is 22.0 Å². The number of halogens is 1. The maximum absolute atomic E-state index is 12.8. The molecule has 3 heterocycles. The summed E-state index contributed by atoms with van der Waals surface area (Å²) in [5.74, 6) is -0.318. The SMILES string of the molecule is O=C(NC[C@@H](c1cccs1)N1CCCCCC1)c1cc(=O)c2ccc(Br)cc2o1. The highest BCUT2D eigenvalue weighted by Crippen LogP contribution is 2.27. The van der Waals surface area contributed by atoms with Crippen LogP contribution in [0.5, 0.6) is 0 Å². The van der Waals surface area contributed by atoms with Crippen molar-refractivity contribution >= 4 is 44.1 Å². The van der Waals surface area contributed by atoms with E-state index >= 15 is 0 Å². The van der Waals surface area contributed by atoms with Crippen LogP contribution in [0, 0.1) is 0 Å². The van der Waals surface area contributed by atoms with Crippen LogP contribution in [-0.2, 0) is 0 Å². The van der Waals surface area contributed by atoms with Gasteiger partial charge in [-0.25, -0.2) is 0 Å². The van der Waals surface area contributed by atoms with E-state index in [0.29, 0.717) is 17.5 Å². The third-order valence-corrected chi connectivity index (χ3v) is 6.79. The van der Waals surface area contributed by atoms with Crippen molar-refractivity contribution in [2.45, 2.75) is 31.7 Å². The Labute approximate surface area is 181 Å². The lowest BCUT2D eigenvalue weighted by Gasteiger charge is -2.30. The summed E-state index contributed by atoms with van der Waals surface area (Å²) in [4.78, 5) is 28.9. The monoisotopic (exact) mass is 474 g/mol. The average Bonchev–Trinajstić information content (AvgIpc) is 3.10. The Kier molecular flexibility index (Phi) is 6.47. The smallest absolute Gasteiger partial charge is 0.287 e. The van der Waals surface area contributed by atoms with Gasteiger partial charge in [-0.15, -0.1) is 11.3 Å². The van der Waals surface area contributed by atoms with Gasteiger partial charge in [-0.05, 0) is 55.6 Å². The van der Waals surface area contributed by atoms with Crippen LogP contribution in [0.1, 0.15) is 47.2 Å². The van der Waals surface area contributed by atoms with Gasteiger partial charge in [0.2, 0.25) is 0 Å². The van der Waals surface area contributed by atoms with Gasteiger partial charge in [-0.2, -0.15) is 0 Å². The molecule has 0 saturated carbocycles. The molecular weight excluding hydrogens is 452 g/mol. The van der Waals surface area contributed by atoms with Crippen molar-refractivity contribution in [3.8, 4) is 0 Å². The van der Waals surface area contributed by atoms with Crippen molar-refractivity contribution in [2.75, 3.05) is 19.6 Å². The topological polar surface area (TPSA) is 62.6 Å². The van der Waals surface area contributed by atoms with Crippen LogP contribution in [0.3, 0.4) is 0 Å². The predicted octanol–water partition coefficient (Wildman–Crippen LogP) is 4.96. The van der Waals surface area contributed by atoms with Crippen molar-refractivity contribution in [3.63, 3.8) is 0 Å². The van der Waals surface area contributed by atoms with Crippen LogP contribution in [0.15, 0.2) is 55.5 Å². The number of likely N-dealkylation sites (tertiary alicyclic amines) is 1. The predicted molar refractivity (Wildman–Crippen MR) is 120 cm³/mol. The van der Waals surface area contributed by atoms with Crippen LogP contribution in [0.25, 0.3) is 11.0 Å². The zero-order chi connectivity index (χ0) is 20.2. The van der Waals surface area contributed by atoms with Crippen molar-refractivity contribution in [3.05, 3.63) is 67.1 Å². The number of benzene rings is 1. The van der Waals surface area contributed by atoms with Gasteiger partial charge in [-0.3, -0.25) is 14.5 Å². The molecule has 1 fully saturated rings. The highest BCUT2D eigenvalue weighted by Gasteiger charge is 2.24. The fourth-order valence-corrected chi connectivity index (χ4v) is 5.02. The van der Waals surface area contributed by atoms with Crippen LogP contribution in [0.4, 0.5) is 0 Å². The van der Waals surface area contributed by atoms with Gasteiger partial charge in [0.1, 0.15) is 5.58 Å². The molecule has 5 nitrogen and oxygen atoms in total. The number of fused-ring (bicyclic) bond motifs is 1. The molecule has 3 aromatic rings. The number of nitrogens with one attached hydrogen (secondary N) is 1. The number of hydrogen-bond donors (Lipinski definition) is 1. The first-order valence-electron chi connectivity index (χ1n) is 9.91. The summed E-state index contributed by atoms with van der Waals surface area (Å²) in [6.45, 7) is 2.56. The molecule has 1 aliphatic heterocycles. The zero-order valence-corrected chi connectivity index (χ0v) is 18.4. The molecule has 2 aromatic heterocycles. The van der Waals surface area contributed by atoms with E-state index in [4.69, 9.17) is 4.42 Å². The Hall–Kier alpha value is -1.96.